The first kappa shape index (κ1) is 23.8. The first-order valence-corrected chi connectivity index (χ1v) is 12.7. The van der Waals surface area contributed by atoms with Crippen LogP contribution in [0.1, 0.15) is 11.5 Å². The maximum Gasteiger partial charge on any atom is 0.352 e. The number of nitrogen functional groups attached to an aromatic ring is 1. The number of β-lactam (4-membered cyclic amide) rings is 1. The minimum absolute atomic E-state index is 0.0468. The number of pyridine rings is 1. The number of aliphatic carboxylic acids is 1. The first-order valence-electron chi connectivity index (χ1n) is 10.8. The third-order valence-corrected chi connectivity index (χ3v) is 8.02. The van der Waals surface area contributed by atoms with Crippen LogP contribution in [-0.4, -0.2) is 67.3 Å². The van der Waals surface area contributed by atoms with E-state index in [2.05, 4.69) is 15.5 Å². The molecule has 5 heterocycles. The number of nitrogens with one attached hydrogen (secondary N) is 1. The molecule has 0 aromatic carbocycles. The fourth-order valence-electron chi connectivity index (χ4n) is 4.32. The molecule has 1 saturated heterocycles. The normalized spacial score (nSPS) is 19.8. The van der Waals surface area contributed by atoms with Crippen molar-refractivity contribution in [2.24, 2.45) is 5.16 Å². The highest BCUT2D eigenvalue weighted by Crippen LogP contribution is 2.40. The molecule has 36 heavy (non-hydrogen) atoms. The zero-order chi connectivity index (χ0) is 25.6. The van der Waals surface area contributed by atoms with Crippen molar-refractivity contribution in [3.05, 3.63) is 58.8 Å². The highest BCUT2D eigenvalue weighted by Gasteiger charge is 2.54. The Bertz CT molecular complexity index is 1460. The Hall–Kier alpha value is -3.91. The van der Waals surface area contributed by atoms with E-state index in [1.807, 2.05) is 46.5 Å². The molecule has 2 atom stereocenters. The number of oxime groups is 1. The molecule has 2 aliphatic rings. The van der Waals surface area contributed by atoms with E-state index in [4.69, 9.17) is 10.6 Å². The van der Waals surface area contributed by atoms with Gasteiger partial charge in [0.05, 0.1) is 6.20 Å². The van der Waals surface area contributed by atoms with Crippen LogP contribution in [0.5, 0.6) is 0 Å². The van der Waals surface area contributed by atoms with Gasteiger partial charge in [0.25, 0.3) is 17.6 Å². The highest BCUT2D eigenvalue weighted by atomic mass is 32.2. The van der Waals surface area contributed by atoms with Gasteiger partial charge >= 0.3 is 5.97 Å². The van der Waals surface area contributed by atoms with Crippen LogP contribution in [0, 0.1) is 6.92 Å². The molecular formula is C22H22N7O5S2+. The Morgan fingerprint density at radius 2 is 2.22 bits per heavy atom. The van der Waals surface area contributed by atoms with Crippen molar-refractivity contribution in [3.8, 4) is 0 Å². The number of anilines is 1. The minimum Gasteiger partial charge on any atom is -0.477 e. The zero-order valence-electron chi connectivity index (χ0n) is 19.2. The van der Waals surface area contributed by atoms with Crippen LogP contribution in [-0.2, 0) is 25.8 Å². The second-order valence-corrected chi connectivity index (χ2v) is 10.1. The summed E-state index contributed by atoms with van der Waals surface area (Å²) in [6.45, 7) is 2.27. The summed E-state index contributed by atoms with van der Waals surface area (Å²) in [6, 6.07) is 4.91. The lowest BCUT2D eigenvalue weighted by atomic mass is 10.0. The Kier molecular flexibility index (Phi) is 6.14. The van der Waals surface area contributed by atoms with Crippen molar-refractivity contribution >= 4 is 57.2 Å². The molecule has 12 nitrogen and oxygen atoms in total. The third kappa shape index (κ3) is 3.97. The van der Waals surface area contributed by atoms with Crippen LogP contribution in [0.4, 0.5) is 5.13 Å². The minimum atomic E-state index is -1.19. The average Bonchev–Trinajstić information content (AvgIpc) is 3.43. The monoisotopic (exact) mass is 528 g/mol. The zero-order valence-corrected chi connectivity index (χ0v) is 20.9. The largest absolute Gasteiger partial charge is 0.477 e. The lowest BCUT2D eigenvalue weighted by molar-refractivity contribution is -0.520. The molecule has 1 fully saturated rings. The standard InChI is InChI=1S/C22H21N7O5S2/c1-11-27(8-13-5-3-4-6-28(11)13)7-12-9-35-20-16(19(31)29(20)17(12)21(32)33)25-18(30)15(26-34-2)14-10-36-22(23)24-14/h3-6,8,10,16,20H,7,9H2,1-2H3,(H3-,23,24,25,30,32,33)/p+1/b26-15-/t16-,20-/m1/s1. The molecule has 0 saturated carbocycles. The number of hydrogen-bond acceptors (Lipinski definition) is 9. The van der Waals surface area contributed by atoms with E-state index in [1.54, 1.807) is 5.38 Å². The van der Waals surface area contributed by atoms with Crippen molar-refractivity contribution in [3.63, 3.8) is 0 Å². The Balaban J connectivity index is 1.38. The number of amides is 2. The molecule has 2 aliphatic heterocycles. The molecule has 4 N–H and O–H groups in total. The molecule has 0 spiro atoms. The van der Waals surface area contributed by atoms with Crippen LogP contribution in [0.25, 0.3) is 5.52 Å². The second-order valence-electron chi connectivity index (χ2n) is 8.11. The van der Waals surface area contributed by atoms with Crippen LogP contribution < -0.4 is 15.5 Å². The number of aromatic nitrogens is 3. The van der Waals surface area contributed by atoms with Gasteiger partial charge in [-0.1, -0.05) is 11.2 Å². The van der Waals surface area contributed by atoms with Gasteiger partial charge in [-0.05, 0) is 12.1 Å². The van der Waals surface area contributed by atoms with Crippen LogP contribution in [0.3, 0.4) is 0 Å². The van der Waals surface area contributed by atoms with E-state index >= 15 is 0 Å². The highest BCUT2D eigenvalue weighted by molar-refractivity contribution is 8.00. The summed E-state index contributed by atoms with van der Waals surface area (Å²) < 4.78 is 3.97. The number of hydrogen-bond donors (Lipinski definition) is 3. The second kappa shape index (κ2) is 9.28. The number of rotatable bonds is 7. The summed E-state index contributed by atoms with van der Waals surface area (Å²) in [5, 5.41) is 17.6. The van der Waals surface area contributed by atoms with Crippen LogP contribution >= 0.6 is 23.1 Å². The van der Waals surface area contributed by atoms with Gasteiger partial charge in [0.15, 0.2) is 16.4 Å². The van der Waals surface area contributed by atoms with Gasteiger partial charge in [0.1, 0.15) is 42.7 Å². The number of nitrogens with two attached hydrogens (primary N) is 1. The van der Waals surface area contributed by atoms with Crippen molar-refractivity contribution in [1.82, 2.24) is 19.8 Å². The van der Waals surface area contributed by atoms with Gasteiger partial charge in [-0.2, -0.15) is 0 Å². The van der Waals surface area contributed by atoms with Crippen molar-refractivity contribution in [2.45, 2.75) is 24.9 Å². The number of carbonyl (C=O) groups excluding carboxylic acids is 2. The smallest absolute Gasteiger partial charge is 0.352 e. The molecule has 3 aromatic rings. The fourth-order valence-corrected chi connectivity index (χ4v) is 6.20. The van der Waals surface area contributed by atoms with Gasteiger partial charge in [0, 0.05) is 23.6 Å². The number of nitrogens with zero attached hydrogens (tertiary/aromatic N) is 5. The van der Waals surface area contributed by atoms with Gasteiger partial charge < -0.3 is 21.0 Å². The number of carbonyl (C=O) groups is 3. The number of thiazole rings is 1. The number of carboxylic acids is 1. The van der Waals surface area contributed by atoms with Gasteiger partial charge in [-0.15, -0.1) is 23.1 Å². The van der Waals surface area contributed by atoms with Gasteiger partial charge in [-0.25, -0.2) is 18.7 Å². The molecule has 0 radical (unpaired) electrons. The fraction of sp³-hybridized carbons (Fsp3) is 0.273. The van der Waals surface area contributed by atoms with Gasteiger partial charge in [-0.3, -0.25) is 14.5 Å². The van der Waals surface area contributed by atoms with Crippen LogP contribution in [0.15, 0.2) is 52.4 Å². The number of aryl methyl sites for hydroxylation is 1. The first-order chi connectivity index (χ1) is 17.3. The topological polar surface area (TPSA) is 156 Å². The maximum atomic E-state index is 13.1. The molecule has 3 aromatic heterocycles. The quantitative estimate of drug-likeness (QED) is 0.172. The van der Waals surface area contributed by atoms with E-state index in [1.165, 1.54) is 23.8 Å². The van der Waals surface area contributed by atoms with Crippen LogP contribution in [0.2, 0.25) is 0 Å². The molecule has 0 aliphatic carbocycles. The molecular weight excluding hydrogens is 506 g/mol. The van der Waals surface area contributed by atoms with Crippen molar-refractivity contribution in [2.75, 3.05) is 18.6 Å². The van der Waals surface area contributed by atoms with E-state index in [0.717, 1.165) is 22.7 Å². The summed E-state index contributed by atoms with van der Waals surface area (Å²) in [6.07, 6.45) is 3.88. The summed E-state index contributed by atoms with van der Waals surface area (Å²) in [5.41, 5.74) is 7.30. The Morgan fingerprint density at radius 3 is 2.89 bits per heavy atom. The van der Waals surface area contributed by atoms with Crippen molar-refractivity contribution < 1.29 is 28.7 Å². The van der Waals surface area contributed by atoms with E-state index in [-0.39, 0.29) is 22.2 Å². The lowest BCUT2D eigenvalue weighted by Gasteiger charge is -2.49. The molecule has 5 rings (SSSR count). The maximum absolute atomic E-state index is 13.1. The van der Waals surface area contributed by atoms with Crippen molar-refractivity contribution in [1.29, 1.82) is 0 Å². The lowest BCUT2D eigenvalue weighted by Crippen LogP contribution is -2.71. The van der Waals surface area contributed by atoms with E-state index < -0.39 is 29.2 Å². The van der Waals surface area contributed by atoms with E-state index in [0.29, 0.717) is 17.9 Å². The summed E-state index contributed by atoms with van der Waals surface area (Å²) in [5.74, 6) is -1.03. The molecule has 0 bridgehead atoms. The summed E-state index contributed by atoms with van der Waals surface area (Å²) >= 11 is 2.53. The predicted molar refractivity (Wildman–Crippen MR) is 132 cm³/mol. The summed E-state index contributed by atoms with van der Waals surface area (Å²) in [4.78, 5) is 48.3. The molecule has 14 heteroatoms. The number of imidazole rings is 1. The third-order valence-electron chi connectivity index (χ3n) is 6.00. The molecule has 186 valence electrons. The molecule has 0 unspecified atom stereocenters. The predicted octanol–water partition coefficient (Wildman–Crippen LogP) is 0.363. The average molecular weight is 529 g/mol. The molecule has 2 amide bonds. The van der Waals surface area contributed by atoms with E-state index in [9.17, 15) is 19.5 Å². The van der Waals surface area contributed by atoms with Gasteiger partial charge in [0.2, 0.25) is 0 Å². The number of thioether (sulfide) groups is 1. The summed E-state index contributed by atoms with van der Waals surface area (Å²) in [7, 11) is 1.29. The number of fused-ring (bicyclic) bond motifs is 2. The Labute approximate surface area is 213 Å². The SMILES string of the molecule is CO/N=C(\C(=O)N[C@@H]1C(=O)N2C(C(=O)O)=C(Cn3cc4cccc[n+]4c3C)CS[C@H]12)c1csc(N)n1. The Morgan fingerprint density at radius 1 is 1.42 bits per heavy atom. The number of carboxylic acid groups (broad SMARTS) is 1.